The van der Waals surface area contributed by atoms with E-state index in [1.807, 2.05) is 0 Å². The molecule has 17 rings (SSSR count). The number of ether oxygens (including phenoxy) is 2. The molecule has 434 valence electrons. The van der Waals surface area contributed by atoms with E-state index in [2.05, 4.69) is 369 Å². The second-order valence-electron chi connectivity index (χ2n) is 24.1. The lowest BCUT2D eigenvalue weighted by Gasteiger charge is -2.44. The Morgan fingerprint density at radius 3 is 1.04 bits per heavy atom. The molecule has 0 radical (unpaired) electrons. The van der Waals surface area contributed by atoms with Gasteiger partial charge in [-0.3, -0.25) is 0 Å². The Labute approximate surface area is 539 Å². The van der Waals surface area contributed by atoms with Crippen molar-refractivity contribution in [3.05, 3.63) is 364 Å². The van der Waals surface area contributed by atoms with Crippen LogP contribution in [-0.2, 0) is 4.12 Å². The highest BCUT2D eigenvalue weighted by Crippen LogP contribution is 2.41. The first-order chi connectivity index (χ1) is 45.6. The van der Waals surface area contributed by atoms with Crippen molar-refractivity contribution in [2.24, 2.45) is 0 Å². The third-order valence-corrected chi connectivity index (χ3v) is 33.2. The summed E-state index contributed by atoms with van der Waals surface area (Å²) in [5.41, 5.74) is 8.64. The number of benzene rings is 14. The van der Waals surface area contributed by atoms with Gasteiger partial charge < -0.3 is 18.2 Å². The van der Waals surface area contributed by atoms with Gasteiger partial charge in [-0.05, 0) is 104 Å². The molecule has 0 N–H and O–H groups in total. The Morgan fingerprint density at radius 1 is 0.261 bits per heavy atom. The van der Waals surface area contributed by atoms with Crippen LogP contribution in [0, 0.1) is 0 Å². The monoisotopic (exact) mass is 1230 g/mol. The summed E-state index contributed by atoms with van der Waals surface area (Å²) in [7, 11) is -9.96. The molecule has 0 fully saturated rings. The van der Waals surface area contributed by atoms with E-state index >= 15 is 0 Å². The molecular weight excluding hydrogens is 1170 g/mol. The number of nitrogens with zero attached hydrogens (tertiary/aromatic N) is 1. The first kappa shape index (κ1) is 55.2. The molecule has 0 spiro atoms. The molecule has 3 heterocycles. The van der Waals surface area contributed by atoms with E-state index in [0.717, 1.165) is 83.2 Å². The summed E-state index contributed by atoms with van der Waals surface area (Å²) in [6.07, 6.45) is 0. The molecule has 0 amide bonds. The number of aromatic nitrogens is 1. The average Bonchev–Trinajstić information content (AvgIpc) is 1.28. The maximum Gasteiger partial charge on any atom is 0.278 e. The van der Waals surface area contributed by atoms with E-state index in [0.29, 0.717) is 0 Å². The Kier molecular flexibility index (Phi) is 13.7. The van der Waals surface area contributed by atoms with Gasteiger partial charge in [0.05, 0.1) is 16.7 Å². The van der Waals surface area contributed by atoms with Crippen molar-refractivity contribution in [3.8, 4) is 39.8 Å². The molecular formula is C84H60BNO3Si3. The van der Waals surface area contributed by atoms with Crippen molar-refractivity contribution >= 4 is 121 Å². The lowest BCUT2D eigenvalue weighted by atomic mass is 9.35. The van der Waals surface area contributed by atoms with Crippen LogP contribution < -0.4 is 77.7 Å². The quantitative estimate of drug-likeness (QED) is 0.0803. The topological polar surface area (TPSA) is 32.6 Å². The molecule has 0 saturated carbocycles. The summed E-state index contributed by atoms with van der Waals surface area (Å²) in [6, 6.07) is 134. The van der Waals surface area contributed by atoms with Crippen molar-refractivity contribution in [1.82, 2.24) is 4.57 Å². The van der Waals surface area contributed by atoms with E-state index in [4.69, 9.17) is 13.6 Å². The second-order valence-corrected chi connectivity index (χ2v) is 34.9. The van der Waals surface area contributed by atoms with Crippen LogP contribution in [0.25, 0.3) is 38.6 Å². The van der Waals surface area contributed by atoms with E-state index in [1.165, 1.54) is 46.7 Å². The summed E-state index contributed by atoms with van der Waals surface area (Å²) in [6.45, 7) is -0.0419. The fourth-order valence-electron chi connectivity index (χ4n) is 15.2. The molecule has 2 aliphatic rings. The summed E-state index contributed by atoms with van der Waals surface area (Å²) in [4.78, 5) is 0. The van der Waals surface area contributed by atoms with Gasteiger partial charge in [-0.2, -0.15) is 0 Å². The SMILES string of the molecule is c1ccc([Si](O[Si](c2ccccc2)(c2ccccc2)c2cccc(-c3ccc4c(c3)c3cc([Si](c5ccccc5)(c5ccccc5)c5ccccc5)ccc3n4-c3cc4c5c(c3)Oc3ccccc3B5c3ccccc3O4)c2)(c2ccccc2)c2ccccc2)cc1. The van der Waals surface area contributed by atoms with Crippen LogP contribution in [0.4, 0.5) is 0 Å². The Balaban J connectivity index is 0.920. The number of hydrogen-bond donors (Lipinski definition) is 0. The van der Waals surface area contributed by atoms with E-state index in [-0.39, 0.29) is 6.71 Å². The number of para-hydroxylation sites is 2. The van der Waals surface area contributed by atoms with Crippen molar-refractivity contribution < 1.29 is 13.6 Å². The number of rotatable bonds is 14. The molecule has 14 aromatic carbocycles. The first-order valence-corrected chi connectivity index (χ1v) is 37.5. The highest BCUT2D eigenvalue weighted by molar-refractivity contribution is 7.20. The Bertz CT molecular complexity index is 4890. The standard InChI is InChI=1S/C84H60BNO3Si3/c1-9-31-64(32-10-1)90(65-33-11-2-12-34-65,66-35-13-3-14-36-66)72-53-55-79-75(60-72)74-57-62(52-54-78(74)86(79)63-58-82-84-83(59-63)88-81-51-28-26-49-77(81)85(84)76-48-25-27-50-80(76)87-82)61-30-29-47-73(56-61)92(70-43-21-7-22-44-70,71-45-23-8-24-46-71)89-91(67-37-15-4-16-38-67,68-39-17-5-18-40-68)69-41-19-6-20-42-69/h1-60H. The van der Waals surface area contributed by atoms with Gasteiger partial charge >= 0.3 is 0 Å². The van der Waals surface area contributed by atoms with Gasteiger partial charge in [0.15, 0.2) is 8.07 Å². The number of hydrogen-bond acceptors (Lipinski definition) is 3. The molecule has 0 aliphatic carbocycles. The zero-order valence-electron chi connectivity index (χ0n) is 50.4. The van der Waals surface area contributed by atoms with Gasteiger partial charge in [0.2, 0.25) is 0 Å². The van der Waals surface area contributed by atoms with E-state index in [1.54, 1.807) is 0 Å². The summed E-state index contributed by atoms with van der Waals surface area (Å²) >= 11 is 0. The highest BCUT2D eigenvalue weighted by atomic mass is 28.4. The van der Waals surface area contributed by atoms with Crippen LogP contribution in [0.3, 0.4) is 0 Å². The first-order valence-electron chi connectivity index (χ1n) is 31.7. The number of fused-ring (bicyclic) bond motifs is 7. The molecule has 15 aromatic rings. The second kappa shape index (κ2) is 22.9. The van der Waals surface area contributed by atoms with Crippen LogP contribution in [0.5, 0.6) is 23.0 Å². The molecule has 92 heavy (non-hydrogen) atoms. The lowest BCUT2D eigenvalue weighted by molar-refractivity contribution is 0.464. The fourth-order valence-corrected chi connectivity index (χ4v) is 30.6. The third kappa shape index (κ3) is 8.89. The predicted molar refractivity (Wildman–Crippen MR) is 390 cm³/mol. The van der Waals surface area contributed by atoms with Crippen LogP contribution in [-0.4, -0.2) is 36.0 Å². The normalized spacial score (nSPS) is 12.5. The molecule has 2 aliphatic heterocycles. The van der Waals surface area contributed by atoms with Crippen molar-refractivity contribution in [2.45, 2.75) is 0 Å². The predicted octanol–water partition coefficient (Wildman–Crippen LogP) is 11.2. The maximum absolute atomic E-state index is 8.83. The minimum Gasteiger partial charge on any atom is -0.458 e. The zero-order chi connectivity index (χ0) is 61.1. The molecule has 0 saturated heterocycles. The summed E-state index contributed by atoms with van der Waals surface area (Å²) in [5.74, 6) is 3.31. The van der Waals surface area contributed by atoms with Gasteiger partial charge in [-0.1, -0.05) is 322 Å². The summed E-state index contributed by atoms with van der Waals surface area (Å²) in [5, 5.41) is 14.6. The van der Waals surface area contributed by atoms with Gasteiger partial charge in [-0.25, -0.2) is 0 Å². The fraction of sp³-hybridized carbons (Fsp3) is 0. The summed E-state index contributed by atoms with van der Waals surface area (Å²) < 4.78 is 25.3. The highest BCUT2D eigenvalue weighted by Gasteiger charge is 2.53. The molecule has 0 bridgehead atoms. The van der Waals surface area contributed by atoms with Crippen LogP contribution in [0.1, 0.15) is 0 Å². The van der Waals surface area contributed by atoms with Crippen LogP contribution in [0.15, 0.2) is 364 Å². The largest absolute Gasteiger partial charge is 0.458 e. The molecule has 0 atom stereocenters. The molecule has 4 nitrogen and oxygen atoms in total. The van der Waals surface area contributed by atoms with Gasteiger partial charge in [0.1, 0.15) is 23.0 Å². The van der Waals surface area contributed by atoms with E-state index < -0.39 is 24.7 Å². The van der Waals surface area contributed by atoms with Gasteiger partial charge in [0.25, 0.3) is 23.3 Å². The smallest absolute Gasteiger partial charge is 0.278 e. The minimum atomic E-state index is -3.56. The maximum atomic E-state index is 8.83. The Morgan fingerprint density at radius 2 is 0.609 bits per heavy atom. The Hall–Kier alpha value is -10.8. The average molecular weight is 1230 g/mol. The third-order valence-electron chi connectivity index (χ3n) is 19.2. The van der Waals surface area contributed by atoms with Crippen LogP contribution >= 0.6 is 0 Å². The van der Waals surface area contributed by atoms with Crippen molar-refractivity contribution in [2.75, 3.05) is 0 Å². The molecule has 0 unspecified atom stereocenters. The molecule has 1 aromatic heterocycles. The van der Waals surface area contributed by atoms with Crippen molar-refractivity contribution in [3.63, 3.8) is 0 Å². The van der Waals surface area contributed by atoms with Gasteiger partial charge in [-0.15, -0.1) is 0 Å². The molecule has 8 heteroatoms. The zero-order valence-corrected chi connectivity index (χ0v) is 53.4. The minimum absolute atomic E-state index is 0.0419. The van der Waals surface area contributed by atoms with Crippen LogP contribution in [0.2, 0.25) is 0 Å². The lowest BCUT2D eigenvalue weighted by Crippen LogP contribution is -2.81. The van der Waals surface area contributed by atoms with E-state index in [9.17, 15) is 0 Å². The van der Waals surface area contributed by atoms with Gasteiger partial charge in [0, 0.05) is 28.4 Å². The van der Waals surface area contributed by atoms with Crippen molar-refractivity contribution in [1.29, 1.82) is 0 Å².